The second-order valence-corrected chi connectivity index (χ2v) is 8.85. The van der Waals surface area contributed by atoms with E-state index in [0.29, 0.717) is 5.56 Å². The predicted molar refractivity (Wildman–Crippen MR) is 129 cm³/mol. The number of fused-ring (bicyclic) bond motifs is 1. The number of hydrogen-bond donors (Lipinski definition) is 1. The molecular weight excluding hydrogens is 418 g/mol. The minimum Gasteiger partial charge on any atom is -0.492 e. The van der Waals surface area contributed by atoms with Crippen molar-refractivity contribution in [3.63, 3.8) is 0 Å². The number of carbonyl (C=O) groups is 2. The molecule has 6 heteroatoms. The lowest BCUT2D eigenvalue weighted by atomic mass is 9.83. The van der Waals surface area contributed by atoms with Gasteiger partial charge in [0, 0.05) is 23.3 Å². The number of ether oxygens (including phenoxy) is 2. The summed E-state index contributed by atoms with van der Waals surface area (Å²) < 4.78 is 10.5. The van der Waals surface area contributed by atoms with Crippen molar-refractivity contribution >= 4 is 17.4 Å². The Hall–Kier alpha value is -3.28. The maximum Gasteiger partial charge on any atom is 0.335 e. The molecule has 0 amide bonds. The van der Waals surface area contributed by atoms with Crippen LogP contribution < -0.4 is 4.90 Å². The van der Waals surface area contributed by atoms with Crippen molar-refractivity contribution in [2.75, 3.05) is 25.7 Å². The Labute approximate surface area is 195 Å². The molecule has 6 nitrogen and oxygen atoms in total. The Bertz CT molecular complexity index is 1030. The third kappa shape index (κ3) is 4.90. The number of unbranched alkanes of at least 4 members (excludes halogenated alkanes) is 3. The van der Waals surface area contributed by atoms with Crippen molar-refractivity contribution in [1.29, 1.82) is 0 Å². The Morgan fingerprint density at radius 3 is 2.30 bits per heavy atom. The number of allylic oxidation sites excluding steroid dienone is 6. The van der Waals surface area contributed by atoms with E-state index in [1.165, 1.54) is 27.1 Å². The van der Waals surface area contributed by atoms with Crippen molar-refractivity contribution in [3.05, 3.63) is 76.4 Å². The number of rotatable bonds is 9. The van der Waals surface area contributed by atoms with Gasteiger partial charge in [-0.3, -0.25) is 4.79 Å². The molecule has 0 atom stereocenters. The number of aromatic carboxylic acids is 1. The molecule has 0 spiro atoms. The summed E-state index contributed by atoms with van der Waals surface area (Å²) in [6.45, 7) is 7.28. The molecule has 3 rings (SSSR count). The fourth-order valence-corrected chi connectivity index (χ4v) is 4.42. The number of Topliss-reactive ketones (excluding diaryl/α,β-unsaturated/α-hetero) is 1. The number of carboxylic acids is 1. The number of ketones is 1. The van der Waals surface area contributed by atoms with E-state index in [-0.39, 0.29) is 22.7 Å². The largest absolute Gasteiger partial charge is 0.492 e. The van der Waals surface area contributed by atoms with E-state index >= 15 is 0 Å². The molecule has 176 valence electrons. The summed E-state index contributed by atoms with van der Waals surface area (Å²) in [5.41, 5.74) is 3.84. The minimum atomic E-state index is -0.927. The standard InChI is InChI=1S/C27H33NO5/c1-6-7-8-9-14-28-21-12-11-19(26(30)31)17-20(21)27(2,3)24(28)13-10-18-15-22(32-4)25(29)23(16-18)33-5/h10-13,15-17H,6-9,14H2,1-5H3,(H,30,31). The number of methoxy groups -OCH3 is 2. The van der Waals surface area contributed by atoms with Crippen LogP contribution >= 0.6 is 0 Å². The zero-order valence-electron chi connectivity index (χ0n) is 20.1. The lowest BCUT2D eigenvalue weighted by molar-refractivity contribution is -0.117. The van der Waals surface area contributed by atoms with Gasteiger partial charge >= 0.3 is 5.97 Å². The Balaban J connectivity index is 2.05. The molecule has 0 aromatic heterocycles. The van der Waals surface area contributed by atoms with Crippen LogP contribution in [0.15, 0.2) is 65.3 Å². The number of hydrogen-bond acceptors (Lipinski definition) is 5. The summed E-state index contributed by atoms with van der Waals surface area (Å²) in [6.07, 6.45) is 12.0. The van der Waals surface area contributed by atoms with Crippen LogP contribution in [0.4, 0.5) is 5.69 Å². The number of benzene rings is 1. The van der Waals surface area contributed by atoms with Gasteiger partial charge in [0.25, 0.3) is 5.78 Å². The van der Waals surface area contributed by atoms with Crippen LogP contribution in [-0.2, 0) is 19.7 Å². The highest BCUT2D eigenvalue weighted by atomic mass is 16.5. The van der Waals surface area contributed by atoms with Gasteiger partial charge in [-0.25, -0.2) is 4.79 Å². The number of carboxylic acid groups (broad SMARTS) is 1. The van der Waals surface area contributed by atoms with Gasteiger partial charge in [-0.05, 0) is 54.0 Å². The normalized spacial score (nSPS) is 18.1. The number of nitrogens with zero attached hydrogens (tertiary/aromatic N) is 1. The molecule has 0 unspecified atom stereocenters. The van der Waals surface area contributed by atoms with Crippen LogP contribution in [0.5, 0.6) is 0 Å². The SMILES string of the molecule is CCCCCCN1C(=CC=C2C=C(OC)C(=O)C(OC)=C2)C(C)(C)c2cc(C(=O)O)ccc21. The third-order valence-corrected chi connectivity index (χ3v) is 6.29. The average Bonchev–Trinajstić information content (AvgIpc) is 3.01. The lowest BCUT2D eigenvalue weighted by Crippen LogP contribution is -2.27. The zero-order valence-corrected chi connectivity index (χ0v) is 20.1. The van der Waals surface area contributed by atoms with Gasteiger partial charge in [0.15, 0.2) is 11.5 Å². The van der Waals surface area contributed by atoms with Crippen LogP contribution in [0.2, 0.25) is 0 Å². The quantitative estimate of drug-likeness (QED) is 0.499. The van der Waals surface area contributed by atoms with E-state index in [1.807, 2.05) is 12.1 Å². The Morgan fingerprint density at radius 1 is 1.06 bits per heavy atom. The van der Waals surface area contributed by atoms with Crippen LogP contribution in [-0.4, -0.2) is 37.6 Å². The number of anilines is 1. The van der Waals surface area contributed by atoms with Gasteiger partial charge in [0.05, 0.1) is 19.8 Å². The van der Waals surface area contributed by atoms with Crippen LogP contribution in [0.25, 0.3) is 0 Å². The average molecular weight is 452 g/mol. The molecule has 0 bridgehead atoms. The van der Waals surface area contributed by atoms with Gasteiger partial charge in [0.2, 0.25) is 0 Å². The monoisotopic (exact) mass is 451 g/mol. The molecule has 0 radical (unpaired) electrons. The summed E-state index contributed by atoms with van der Waals surface area (Å²) in [5, 5.41) is 9.51. The van der Waals surface area contributed by atoms with Gasteiger partial charge < -0.3 is 19.5 Å². The van der Waals surface area contributed by atoms with Crippen LogP contribution in [0.1, 0.15) is 62.4 Å². The van der Waals surface area contributed by atoms with E-state index in [9.17, 15) is 14.7 Å². The van der Waals surface area contributed by atoms with Crippen molar-refractivity contribution in [1.82, 2.24) is 0 Å². The lowest BCUT2D eigenvalue weighted by Gasteiger charge is -2.27. The Morgan fingerprint density at radius 2 is 1.73 bits per heavy atom. The second-order valence-electron chi connectivity index (χ2n) is 8.85. The summed E-state index contributed by atoms with van der Waals surface area (Å²) >= 11 is 0. The fourth-order valence-electron chi connectivity index (χ4n) is 4.42. The van der Waals surface area contributed by atoms with Gasteiger partial charge in [-0.2, -0.15) is 0 Å². The third-order valence-electron chi connectivity index (χ3n) is 6.29. The summed E-state index contributed by atoms with van der Waals surface area (Å²) in [6, 6.07) is 5.38. The molecule has 0 saturated heterocycles. The zero-order chi connectivity index (χ0) is 24.2. The summed E-state index contributed by atoms with van der Waals surface area (Å²) in [4.78, 5) is 26.2. The van der Waals surface area contributed by atoms with E-state index in [2.05, 4.69) is 31.7 Å². The second kappa shape index (κ2) is 10.1. The molecule has 0 saturated carbocycles. The van der Waals surface area contributed by atoms with Gasteiger partial charge in [-0.1, -0.05) is 46.1 Å². The highest BCUT2D eigenvalue weighted by Crippen LogP contribution is 2.48. The molecule has 1 aromatic carbocycles. The highest BCUT2D eigenvalue weighted by molar-refractivity contribution is 6.07. The molecule has 1 N–H and O–H groups in total. The fraction of sp³-hybridized carbons (Fsp3) is 0.407. The smallest absolute Gasteiger partial charge is 0.335 e. The maximum atomic E-state index is 12.3. The van der Waals surface area contributed by atoms with E-state index in [0.717, 1.165) is 41.9 Å². The first kappa shape index (κ1) is 24.4. The van der Waals surface area contributed by atoms with Crippen molar-refractivity contribution in [2.45, 2.75) is 51.9 Å². The van der Waals surface area contributed by atoms with Crippen LogP contribution in [0, 0.1) is 0 Å². The molecule has 33 heavy (non-hydrogen) atoms. The first-order valence-electron chi connectivity index (χ1n) is 11.4. The van der Waals surface area contributed by atoms with Gasteiger partial charge in [-0.15, -0.1) is 0 Å². The summed E-state index contributed by atoms with van der Waals surface area (Å²) in [5.74, 6) is -0.743. The molecular formula is C27H33NO5. The molecule has 1 aliphatic carbocycles. The van der Waals surface area contributed by atoms with Crippen molar-refractivity contribution < 1.29 is 24.2 Å². The molecule has 1 aromatic rings. The van der Waals surface area contributed by atoms with Crippen molar-refractivity contribution in [3.8, 4) is 0 Å². The number of carbonyl (C=O) groups excluding carboxylic acids is 1. The molecule has 1 aliphatic heterocycles. The first-order valence-corrected chi connectivity index (χ1v) is 11.4. The van der Waals surface area contributed by atoms with Crippen LogP contribution in [0.3, 0.4) is 0 Å². The highest BCUT2D eigenvalue weighted by Gasteiger charge is 2.40. The topological polar surface area (TPSA) is 76.1 Å². The van der Waals surface area contributed by atoms with Gasteiger partial charge in [0.1, 0.15) is 0 Å². The van der Waals surface area contributed by atoms with E-state index in [1.54, 1.807) is 24.3 Å². The van der Waals surface area contributed by atoms with E-state index < -0.39 is 5.97 Å². The maximum absolute atomic E-state index is 12.3. The molecule has 1 heterocycles. The summed E-state index contributed by atoms with van der Waals surface area (Å²) in [7, 11) is 2.93. The minimum absolute atomic E-state index is 0.232. The molecule has 2 aliphatic rings. The predicted octanol–water partition coefficient (Wildman–Crippen LogP) is 5.52. The Kier molecular flexibility index (Phi) is 7.46. The van der Waals surface area contributed by atoms with Crippen molar-refractivity contribution in [2.24, 2.45) is 0 Å². The first-order chi connectivity index (χ1) is 15.7. The molecule has 0 fully saturated rings. The van der Waals surface area contributed by atoms with E-state index in [4.69, 9.17) is 9.47 Å².